The molecule has 1 aromatic carbocycles. The second-order valence-corrected chi connectivity index (χ2v) is 8.43. The van der Waals surface area contributed by atoms with Crippen LogP contribution in [0, 0.1) is 0 Å². The molecule has 0 bridgehead atoms. The quantitative estimate of drug-likeness (QED) is 0.814. The molecule has 7 heteroatoms. The fraction of sp³-hybridized carbons (Fsp3) is 0.476. The predicted octanol–water partition coefficient (Wildman–Crippen LogP) is 3.64. The van der Waals surface area contributed by atoms with Crippen LogP contribution >= 0.6 is 0 Å². The number of hydrogen-bond acceptors (Lipinski definition) is 6. The van der Waals surface area contributed by atoms with Crippen LogP contribution in [0.3, 0.4) is 0 Å². The van der Waals surface area contributed by atoms with Crippen molar-refractivity contribution in [3.8, 4) is 11.8 Å². The second-order valence-electron chi connectivity index (χ2n) is 8.43. The summed E-state index contributed by atoms with van der Waals surface area (Å²) < 4.78 is 0.677. The van der Waals surface area contributed by atoms with Crippen molar-refractivity contribution < 1.29 is 24.7 Å². The normalized spacial score (nSPS) is 18.7. The Morgan fingerprint density at radius 1 is 1.00 bits per heavy atom. The molecule has 0 atom stereocenters. The Balaban J connectivity index is 1.78. The summed E-state index contributed by atoms with van der Waals surface area (Å²) in [4.78, 5) is 23.9. The van der Waals surface area contributed by atoms with E-state index in [0.29, 0.717) is 15.9 Å². The minimum Gasteiger partial charge on any atom is -0.492 e. The van der Waals surface area contributed by atoms with E-state index in [-0.39, 0.29) is 29.4 Å². The fourth-order valence-electron chi connectivity index (χ4n) is 3.93. The van der Waals surface area contributed by atoms with Crippen LogP contribution in [-0.4, -0.2) is 37.1 Å². The predicted molar refractivity (Wildman–Crippen MR) is 104 cm³/mol. The maximum absolute atomic E-state index is 12.6. The van der Waals surface area contributed by atoms with Gasteiger partial charge in [0.2, 0.25) is 11.8 Å². The Morgan fingerprint density at radius 2 is 1.57 bits per heavy atom. The summed E-state index contributed by atoms with van der Waals surface area (Å²) in [6.45, 7) is 8.84. The van der Waals surface area contributed by atoms with Crippen molar-refractivity contribution >= 4 is 5.97 Å². The van der Waals surface area contributed by atoms with E-state index in [2.05, 4.69) is 27.7 Å². The summed E-state index contributed by atoms with van der Waals surface area (Å²) in [5.41, 5.74) is 0.748. The molecule has 1 aliphatic rings. The van der Waals surface area contributed by atoms with Crippen LogP contribution in [0.15, 0.2) is 36.4 Å². The van der Waals surface area contributed by atoms with Gasteiger partial charge in [0.15, 0.2) is 0 Å². The van der Waals surface area contributed by atoms with Crippen molar-refractivity contribution in [3.63, 3.8) is 0 Å². The Hall–Kier alpha value is -2.51. The number of rotatable bonds is 5. The van der Waals surface area contributed by atoms with Crippen LogP contribution in [0.1, 0.15) is 62.9 Å². The van der Waals surface area contributed by atoms with Crippen LogP contribution in [0.25, 0.3) is 0 Å². The lowest BCUT2D eigenvalue weighted by atomic mass is 9.82. The molecule has 1 aliphatic heterocycles. The van der Waals surface area contributed by atoms with Crippen molar-refractivity contribution in [2.24, 2.45) is 0 Å². The van der Waals surface area contributed by atoms with Gasteiger partial charge in [-0.05, 0) is 58.6 Å². The summed E-state index contributed by atoms with van der Waals surface area (Å²) in [5.74, 6) is -1.43. The van der Waals surface area contributed by atoms with E-state index in [9.17, 15) is 15.0 Å². The lowest BCUT2D eigenvalue weighted by Gasteiger charge is -2.51. The molecular weight excluding hydrogens is 360 g/mol. The van der Waals surface area contributed by atoms with Crippen LogP contribution in [0.2, 0.25) is 0 Å². The number of aromatic hydroxyl groups is 2. The maximum Gasteiger partial charge on any atom is 0.364 e. The summed E-state index contributed by atoms with van der Waals surface area (Å²) >= 11 is 0. The zero-order valence-corrected chi connectivity index (χ0v) is 16.8. The number of carbonyl (C=O) groups is 1. The van der Waals surface area contributed by atoms with E-state index in [1.807, 2.05) is 11.1 Å². The van der Waals surface area contributed by atoms with E-state index in [0.717, 1.165) is 19.3 Å². The highest BCUT2D eigenvalue weighted by Crippen LogP contribution is 2.38. The van der Waals surface area contributed by atoms with Crippen LogP contribution in [0.4, 0.5) is 0 Å². The molecule has 7 nitrogen and oxygen atoms in total. The van der Waals surface area contributed by atoms with Crippen LogP contribution < -0.4 is 4.84 Å². The Bertz CT molecular complexity index is 821. The third-order valence-corrected chi connectivity index (χ3v) is 5.23. The number of benzene rings is 1. The lowest BCUT2D eigenvalue weighted by molar-refractivity contribution is -0.288. The minimum absolute atomic E-state index is 0.111. The van der Waals surface area contributed by atoms with Gasteiger partial charge in [0.1, 0.15) is 0 Å². The number of piperidine rings is 1. The summed E-state index contributed by atoms with van der Waals surface area (Å²) in [5, 5.41) is 21.4. The Kier molecular flexibility index (Phi) is 5.41. The molecule has 0 saturated carbocycles. The highest BCUT2D eigenvalue weighted by atomic mass is 16.7. The first kappa shape index (κ1) is 20.2. The van der Waals surface area contributed by atoms with Crippen molar-refractivity contribution in [2.45, 2.75) is 64.6 Å². The molecule has 2 N–H and O–H groups in total. The Morgan fingerprint density at radius 3 is 2.18 bits per heavy atom. The first-order chi connectivity index (χ1) is 13.1. The molecule has 3 rings (SSSR count). The van der Waals surface area contributed by atoms with Crippen molar-refractivity contribution in [2.75, 3.05) is 0 Å². The number of hydrogen-bond donors (Lipinski definition) is 2. The van der Waals surface area contributed by atoms with Gasteiger partial charge in [-0.3, -0.25) is 4.84 Å². The molecule has 0 aliphatic carbocycles. The van der Waals surface area contributed by atoms with E-state index < -0.39 is 5.97 Å². The summed E-state index contributed by atoms with van der Waals surface area (Å²) in [6, 6.07) is 9.45. The van der Waals surface area contributed by atoms with Gasteiger partial charge in [-0.25, -0.2) is 4.79 Å². The molecule has 1 saturated heterocycles. The molecule has 2 aromatic rings. The molecule has 2 heterocycles. The summed E-state index contributed by atoms with van der Waals surface area (Å²) in [6.07, 6.45) is 3.21. The lowest BCUT2D eigenvalue weighted by Crippen LogP contribution is -2.58. The average Bonchev–Trinajstić information content (AvgIpc) is 2.92. The van der Waals surface area contributed by atoms with Crippen molar-refractivity contribution in [1.82, 2.24) is 9.79 Å². The second kappa shape index (κ2) is 7.48. The van der Waals surface area contributed by atoms with Gasteiger partial charge in [-0.2, -0.15) is 5.06 Å². The van der Waals surface area contributed by atoms with Crippen LogP contribution in [-0.2, 0) is 11.4 Å². The fourth-order valence-corrected chi connectivity index (χ4v) is 3.93. The molecule has 1 fully saturated rings. The van der Waals surface area contributed by atoms with E-state index in [4.69, 9.17) is 9.68 Å². The molecule has 0 radical (unpaired) electrons. The molecule has 152 valence electrons. The number of hydroxylamine groups is 2. The zero-order chi connectivity index (χ0) is 20.5. The monoisotopic (exact) mass is 388 g/mol. The minimum atomic E-state index is -0.696. The number of aromatic nitrogens is 1. The highest BCUT2D eigenvalue weighted by molar-refractivity contribution is 5.91. The third kappa shape index (κ3) is 4.00. The van der Waals surface area contributed by atoms with Gasteiger partial charge in [0.05, 0.1) is 12.2 Å². The standard InChI is InChI=1S/C21H28N2O5/c1-20(2)12-7-13-21(3,4)23(20)27-14-15-8-5-6-9-16(15)19(26)28-22-17(24)10-11-18(22)25/h5-6,8-11,24-25H,7,12-14H2,1-4H3. The molecular formula is C21H28N2O5. The topological polar surface area (TPSA) is 84.2 Å². The van der Waals surface area contributed by atoms with E-state index in [1.54, 1.807) is 18.2 Å². The van der Waals surface area contributed by atoms with Gasteiger partial charge in [-0.15, -0.1) is 4.73 Å². The van der Waals surface area contributed by atoms with Crippen LogP contribution in [0.5, 0.6) is 11.8 Å². The number of carbonyl (C=O) groups excluding carboxylic acids is 1. The van der Waals surface area contributed by atoms with Gasteiger partial charge < -0.3 is 15.1 Å². The van der Waals surface area contributed by atoms with Gasteiger partial charge in [0.25, 0.3) is 0 Å². The van der Waals surface area contributed by atoms with E-state index >= 15 is 0 Å². The Labute approximate surface area is 165 Å². The van der Waals surface area contributed by atoms with Crippen molar-refractivity contribution in [3.05, 3.63) is 47.5 Å². The van der Waals surface area contributed by atoms with Gasteiger partial charge >= 0.3 is 5.97 Å². The highest BCUT2D eigenvalue weighted by Gasteiger charge is 2.42. The first-order valence-electron chi connectivity index (χ1n) is 9.45. The van der Waals surface area contributed by atoms with Crippen molar-refractivity contribution in [1.29, 1.82) is 0 Å². The third-order valence-electron chi connectivity index (χ3n) is 5.23. The maximum atomic E-state index is 12.6. The van der Waals surface area contributed by atoms with Gasteiger partial charge in [-0.1, -0.05) is 18.2 Å². The molecule has 0 unspecified atom stereocenters. The first-order valence-corrected chi connectivity index (χ1v) is 9.45. The van der Waals surface area contributed by atoms with E-state index in [1.165, 1.54) is 12.1 Å². The average molecular weight is 388 g/mol. The SMILES string of the molecule is CC1(C)CCCC(C)(C)N1OCc1ccccc1C(=O)On1c(O)ccc1O. The largest absolute Gasteiger partial charge is 0.492 e. The molecule has 0 amide bonds. The molecule has 0 spiro atoms. The molecule has 1 aromatic heterocycles. The molecule has 28 heavy (non-hydrogen) atoms. The number of nitrogens with zero attached hydrogens (tertiary/aromatic N) is 2. The summed E-state index contributed by atoms with van der Waals surface area (Å²) in [7, 11) is 0. The van der Waals surface area contributed by atoms with Gasteiger partial charge in [0, 0.05) is 23.2 Å². The smallest absolute Gasteiger partial charge is 0.364 e. The zero-order valence-electron chi connectivity index (χ0n) is 16.8.